The van der Waals surface area contributed by atoms with E-state index in [1.54, 1.807) is 0 Å². The van der Waals surface area contributed by atoms with Gasteiger partial charge in [0.25, 0.3) is 0 Å². The average molecular weight is 296 g/mol. The Morgan fingerprint density at radius 1 is 1.14 bits per heavy atom. The number of nitrogens with zero attached hydrogens (tertiary/aromatic N) is 2. The smallest absolute Gasteiger partial charge is 0.320 e. The van der Waals surface area contributed by atoms with Gasteiger partial charge in [-0.3, -0.25) is 14.5 Å². The Bertz CT molecular complexity index is 386. The highest BCUT2D eigenvalue weighted by atomic mass is 16.4. The molecule has 1 saturated heterocycles. The zero-order valence-corrected chi connectivity index (χ0v) is 13.3. The predicted octanol–water partition coefficient (Wildman–Crippen LogP) is 1.96. The van der Waals surface area contributed by atoms with Crippen molar-refractivity contribution >= 4 is 11.9 Å². The third-order valence-corrected chi connectivity index (χ3v) is 5.19. The second-order valence-corrected chi connectivity index (χ2v) is 6.65. The highest BCUT2D eigenvalue weighted by Gasteiger charge is 2.33. The van der Waals surface area contributed by atoms with Crippen LogP contribution in [-0.2, 0) is 9.59 Å². The molecule has 0 aromatic heterocycles. The molecule has 1 amide bonds. The molecule has 1 N–H and O–H groups in total. The Labute approximate surface area is 127 Å². The molecule has 1 heterocycles. The molecule has 0 aromatic rings. The van der Waals surface area contributed by atoms with Crippen LogP contribution in [0.5, 0.6) is 0 Å². The van der Waals surface area contributed by atoms with E-state index in [4.69, 9.17) is 0 Å². The molecule has 0 radical (unpaired) electrons. The van der Waals surface area contributed by atoms with Gasteiger partial charge in [-0.15, -0.1) is 0 Å². The summed E-state index contributed by atoms with van der Waals surface area (Å²) in [5.74, 6) is -0.178. The van der Waals surface area contributed by atoms with Crippen LogP contribution in [0, 0.1) is 5.92 Å². The van der Waals surface area contributed by atoms with Gasteiger partial charge in [-0.25, -0.2) is 0 Å². The Morgan fingerprint density at radius 2 is 1.81 bits per heavy atom. The van der Waals surface area contributed by atoms with Crippen LogP contribution < -0.4 is 0 Å². The second kappa shape index (κ2) is 7.25. The maximum absolute atomic E-state index is 12.5. The van der Waals surface area contributed by atoms with Crippen LogP contribution in [0.4, 0.5) is 0 Å². The molecule has 5 nitrogen and oxygen atoms in total. The van der Waals surface area contributed by atoms with Gasteiger partial charge in [-0.05, 0) is 38.1 Å². The maximum atomic E-state index is 12.5. The molecule has 2 fully saturated rings. The van der Waals surface area contributed by atoms with Crippen molar-refractivity contribution in [3.05, 3.63) is 0 Å². The van der Waals surface area contributed by atoms with E-state index >= 15 is 0 Å². The predicted molar refractivity (Wildman–Crippen MR) is 81.0 cm³/mol. The average Bonchev–Trinajstić information content (AvgIpc) is 2.47. The Morgan fingerprint density at radius 3 is 2.48 bits per heavy atom. The van der Waals surface area contributed by atoms with Crippen LogP contribution in [0.3, 0.4) is 0 Å². The van der Waals surface area contributed by atoms with Gasteiger partial charge in [0.1, 0.15) is 6.04 Å². The number of amides is 1. The van der Waals surface area contributed by atoms with E-state index in [1.807, 2.05) is 16.8 Å². The number of piperidine rings is 1. The zero-order valence-electron chi connectivity index (χ0n) is 13.3. The number of aliphatic carboxylic acids is 1. The van der Waals surface area contributed by atoms with Crippen molar-refractivity contribution in [3.8, 4) is 0 Å². The number of rotatable bonds is 4. The van der Waals surface area contributed by atoms with Crippen molar-refractivity contribution < 1.29 is 14.7 Å². The molecule has 1 saturated carbocycles. The molecule has 2 aliphatic rings. The number of carbonyl (C=O) groups is 2. The summed E-state index contributed by atoms with van der Waals surface area (Å²) in [6.45, 7) is 3.18. The Hall–Kier alpha value is -1.10. The number of hydrogen-bond acceptors (Lipinski definition) is 3. The highest BCUT2D eigenvalue weighted by molar-refractivity contribution is 5.80. The molecule has 3 atom stereocenters. The molecule has 2 rings (SSSR count). The van der Waals surface area contributed by atoms with Gasteiger partial charge in [0.2, 0.25) is 5.91 Å². The van der Waals surface area contributed by atoms with Crippen molar-refractivity contribution in [2.45, 2.75) is 64.0 Å². The zero-order chi connectivity index (χ0) is 15.4. The SMILES string of the molecule is CC1CCCCC1N(C)C(=O)CN1CCCCC1C(=O)O. The topological polar surface area (TPSA) is 60.9 Å². The minimum Gasteiger partial charge on any atom is -0.480 e. The van der Waals surface area contributed by atoms with Crippen LogP contribution in [0.2, 0.25) is 0 Å². The lowest BCUT2D eigenvalue weighted by atomic mass is 9.85. The van der Waals surface area contributed by atoms with Gasteiger partial charge in [-0.2, -0.15) is 0 Å². The second-order valence-electron chi connectivity index (χ2n) is 6.65. The van der Waals surface area contributed by atoms with Crippen LogP contribution >= 0.6 is 0 Å². The maximum Gasteiger partial charge on any atom is 0.320 e. The molecule has 1 aliphatic carbocycles. The molecule has 0 aromatic carbocycles. The number of likely N-dealkylation sites (N-methyl/N-ethyl adjacent to an activating group) is 1. The fraction of sp³-hybridized carbons (Fsp3) is 0.875. The van der Waals surface area contributed by atoms with Crippen LogP contribution in [0.25, 0.3) is 0 Å². The van der Waals surface area contributed by atoms with E-state index in [0.29, 0.717) is 18.4 Å². The standard InChI is InChI=1S/C16H28N2O3/c1-12-7-3-4-8-13(12)17(2)15(19)11-18-10-6-5-9-14(18)16(20)21/h12-14H,3-11H2,1-2H3,(H,20,21). The lowest BCUT2D eigenvalue weighted by Crippen LogP contribution is -2.51. The number of carboxylic acid groups (broad SMARTS) is 1. The molecule has 0 spiro atoms. The Kier molecular flexibility index (Phi) is 5.62. The summed E-state index contributed by atoms with van der Waals surface area (Å²) in [6, 6.07) is -0.167. The van der Waals surface area contributed by atoms with Gasteiger partial charge >= 0.3 is 5.97 Å². The van der Waals surface area contributed by atoms with Gasteiger partial charge < -0.3 is 10.0 Å². The fourth-order valence-corrected chi connectivity index (χ4v) is 3.80. The summed E-state index contributed by atoms with van der Waals surface area (Å²) >= 11 is 0. The first-order valence-corrected chi connectivity index (χ1v) is 8.23. The summed E-state index contributed by atoms with van der Waals surface area (Å²) in [7, 11) is 1.88. The molecule has 0 bridgehead atoms. The summed E-state index contributed by atoms with van der Waals surface area (Å²) in [5.41, 5.74) is 0. The molecular formula is C16H28N2O3. The van der Waals surface area contributed by atoms with Crippen LogP contribution in [0.15, 0.2) is 0 Å². The van der Waals surface area contributed by atoms with E-state index in [0.717, 1.165) is 25.8 Å². The van der Waals surface area contributed by atoms with Gasteiger partial charge in [0, 0.05) is 13.1 Å². The van der Waals surface area contributed by atoms with Gasteiger partial charge in [0.05, 0.1) is 6.54 Å². The lowest BCUT2D eigenvalue weighted by Gasteiger charge is -2.38. The third-order valence-electron chi connectivity index (χ3n) is 5.19. The normalized spacial score (nSPS) is 30.9. The van der Waals surface area contributed by atoms with E-state index in [-0.39, 0.29) is 12.5 Å². The van der Waals surface area contributed by atoms with Crippen molar-refractivity contribution in [2.75, 3.05) is 20.1 Å². The number of likely N-dealkylation sites (tertiary alicyclic amines) is 1. The summed E-state index contributed by atoms with van der Waals surface area (Å²) < 4.78 is 0. The van der Waals surface area contributed by atoms with E-state index < -0.39 is 12.0 Å². The molecule has 3 unspecified atom stereocenters. The molecule has 5 heteroatoms. The Balaban J connectivity index is 1.94. The van der Waals surface area contributed by atoms with E-state index in [1.165, 1.54) is 19.3 Å². The summed E-state index contributed by atoms with van der Waals surface area (Å²) in [6.07, 6.45) is 7.29. The van der Waals surface area contributed by atoms with Crippen molar-refractivity contribution in [1.82, 2.24) is 9.80 Å². The largest absolute Gasteiger partial charge is 0.480 e. The molecular weight excluding hydrogens is 268 g/mol. The minimum absolute atomic E-state index is 0.0712. The first-order valence-electron chi connectivity index (χ1n) is 8.23. The van der Waals surface area contributed by atoms with Crippen molar-refractivity contribution in [1.29, 1.82) is 0 Å². The molecule has 1 aliphatic heterocycles. The minimum atomic E-state index is -0.795. The fourth-order valence-electron chi connectivity index (χ4n) is 3.80. The summed E-state index contributed by atoms with van der Waals surface area (Å²) in [4.78, 5) is 27.5. The van der Waals surface area contributed by atoms with Crippen molar-refractivity contribution in [2.24, 2.45) is 5.92 Å². The molecule has 21 heavy (non-hydrogen) atoms. The van der Waals surface area contributed by atoms with E-state index in [2.05, 4.69) is 6.92 Å². The first-order chi connectivity index (χ1) is 10.0. The van der Waals surface area contributed by atoms with Crippen molar-refractivity contribution in [3.63, 3.8) is 0 Å². The summed E-state index contributed by atoms with van der Waals surface area (Å²) in [5, 5.41) is 9.28. The quantitative estimate of drug-likeness (QED) is 0.861. The highest BCUT2D eigenvalue weighted by Crippen LogP contribution is 2.27. The number of carbonyl (C=O) groups excluding carboxylic acids is 1. The lowest BCUT2D eigenvalue weighted by molar-refractivity contribution is -0.146. The molecule has 120 valence electrons. The van der Waals surface area contributed by atoms with Crippen LogP contribution in [-0.4, -0.2) is 59.0 Å². The first kappa shape index (κ1) is 16.3. The van der Waals surface area contributed by atoms with Gasteiger partial charge in [-0.1, -0.05) is 26.2 Å². The third kappa shape index (κ3) is 3.96. The van der Waals surface area contributed by atoms with Gasteiger partial charge in [0.15, 0.2) is 0 Å². The monoisotopic (exact) mass is 296 g/mol. The number of carboxylic acids is 1. The van der Waals surface area contributed by atoms with E-state index in [9.17, 15) is 14.7 Å². The van der Waals surface area contributed by atoms with Crippen LogP contribution in [0.1, 0.15) is 51.9 Å². The number of hydrogen-bond donors (Lipinski definition) is 1.